The standard InChI is InChI=1S/C27H28N2O3/c1-31-24-15-13-21(14-16-24)25-19-28-26(32-25)20-29(17-8-18-30)27(22-9-4-2-5-10-22)23-11-6-3-7-12-23/h2-7,9-16,19,27,30H,8,17-18,20H2,1H3. The number of nitrogens with zero attached hydrogens (tertiary/aromatic N) is 2. The highest BCUT2D eigenvalue weighted by Gasteiger charge is 2.24. The summed E-state index contributed by atoms with van der Waals surface area (Å²) in [7, 11) is 1.65. The molecule has 0 fully saturated rings. The Labute approximate surface area is 188 Å². The average molecular weight is 429 g/mol. The van der Waals surface area contributed by atoms with Crippen LogP contribution in [-0.4, -0.2) is 35.3 Å². The summed E-state index contributed by atoms with van der Waals surface area (Å²) < 4.78 is 11.4. The molecular weight excluding hydrogens is 400 g/mol. The van der Waals surface area contributed by atoms with Crippen LogP contribution < -0.4 is 4.74 Å². The lowest BCUT2D eigenvalue weighted by atomic mass is 9.97. The summed E-state index contributed by atoms with van der Waals surface area (Å²) in [5.74, 6) is 2.17. The lowest BCUT2D eigenvalue weighted by Crippen LogP contribution is -2.31. The molecule has 1 heterocycles. The molecule has 5 nitrogen and oxygen atoms in total. The zero-order chi connectivity index (χ0) is 22.2. The van der Waals surface area contributed by atoms with Crippen LogP contribution in [0, 0.1) is 0 Å². The SMILES string of the molecule is COc1ccc(-c2cnc(CN(CCCO)C(c3ccccc3)c3ccccc3)o2)cc1. The molecule has 1 N–H and O–H groups in total. The normalized spacial score (nSPS) is 11.2. The van der Waals surface area contributed by atoms with E-state index in [0.717, 1.165) is 17.1 Å². The summed E-state index contributed by atoms with van der Waals surface area (Å²) in [6, 6.07) is 28.6. The average Bonchev–Trinajstić information content (AvgIpc) is 3.32. The van der Waals surface area contributed by atoms with Crippen LogP contribution in [0.1, 0.15) is 29.5 Å². The highest BCUT2D eigenvalue weighted by atomic mass is 16.5. The van der Waals surface area contributed by atoms with Gasteiger partial charge in [0, 0.05) is 18.7 Å². The van der Waals surface area contributed by atoms with Gasteiger partial charge in [-0.25, -0.2) is 4.98 Å². The third kappa shape index (κ3) is 5.25. The van der Waals surface area contributed by atoms with Gasteiger partial charge in [0.1, 0.15) is 5.75 Å². The molecule has 0 aliphatic carbocycles. The Kier molecular flexibility index (Phi) is 7.33. The van der Waals surface area contributed by atoms with Crippen LogP contribution in [0.4, 0.5) is 0 Å². The predicted octanol–water partition coefficient (Wildman–Crippen LogP) is 5.32. The minimum atomic E-state index is 0.0280. The van der Waals surface area contributed by atoms with Gasteiger partial charge in [0.05, 0.1) is 25.9 Å². The molecular formula is C27H28N2O3. The van der Waals surface area contributed by atoms with Crippen LogP contribution in [0.15, 0.2) is 95.5 Å². The number of aliphatic hydroxyl groups excluding tert-OH is 1. The second-order valence-corrected chi connectivity index (χ2v) is 7.62. The fourth-order valence-electron chi connectivity index (χ4n) is 3.90. The lowest BCUT2D eigenvalue weighted by Gasteiger charge is -2.31. The summed E-state index contributed by atoms with van der Waals surface area (Å²) in [4.78, 5) is 6.86. The Morgan fingerprint density at radius 3 is 2.09 bits per heavy atom. The van der Waals surface area contributed by atoms with E-state index in [1.807, 2.05) is 36.4 Å². The molecule has 0 saturated carbocycles. The number of rotatable bonds is 10. The van der Waals surface area contributed by atoms with E-state index >= 15 is 0 Å². The minimum absolute atomic E-state index is 0.0280. The molecule has 0 aliphatic rings. The fourth-order valence-corrected chi connectivity index (χ4v) is 3.90. The predicted molar refractivity (Wildman–Crippen MR) is 125 cm³/mol. The van der Waals surface area contributed by atoms with Crippen molar-refractivity contribution in [3.05, 3.63) is 108 Å². The second kappa shape index (κ2) is 10.8. The largest absolute Gasteiger partial charge is 0.497 e. The highest BCUT2D eigenvalue weighted by Crippen LogP contribution is 2.31. The number of methoxy groups -OCH3 is 1. The molecule has 0 atom stereocenters. The van der Waals surface area contributed by atoms with Gasteiger partial charge in [-0.05, 0) is 41.8 Å². The van der Waals surface area contributed by atoms with Crippen LogP contribution in [0.25, 0.3) is 11.3 Å². The van der Waals surface area contributed by atoms with Gasteiger partial charge in [0.2, 0.25) is 5.89 Å². The van der Waals surface area contributed by atoms with E-state index < -0.39 is 0 Å². The summed E-state index contributed by atoms with van der Waals surface area (Å²) >= 11 is 0. The maximum Gasteiger partial charge on any atom is 0.209 e. The van der Waals surface area contributed by atoms with Crippen molar-refractivity contribution in [1.29, 1.82) is 0 Å². The molecule has 0 bridgehead atoms. The maximum absolute atomic E-state index is 9.52. The van der Waals surface area contributed by atoms with E-state index in [1.165, 1.54) is 11.1 Å². The van der Waals surface area contributed by atoms with Crippen molar-refractivity contribution in [1.82, 2.24) is 9.88 Å². The van der Waals surface area contributed by atoms with Gasteiger partial charge in [0.15, 0.2) is 5.76 Å². The molecule has 0 radical (unpaired) electrons. The molecule has 0 aliphatic heterocycles. The summed E-state index contributed by atoms with van der Waals surface area (Å²) in [6.07, 6.45) is 2.43. The summed E-state index contributed by atoms with van der Waals surface area (Å²) in [6.45, 7) is 1.38. The van der Waals surface area contributed by atoms with Crippen molar-refractivity contribution < 1.29 is 14.3 Å². The Morgan fingerprint density at radius 2 is 1.53 bits per heavy atom. The zero-order valence-electron chi connectivity index (χ0n) is 18.2. The summed E-state index contributed by atoms with van der Waals surface area (Å²) in [5.41, 5.74) is 3.34. The van der Waals surface area contributed by atoms with Crippen molar-refractivity contribution >= 4 is 0 Å². The number of oxazole rings is 1. The van der Waals surface area contributed by atoms with Gasteiger partial charge in [-0.2, -0.15) is 0 Å². The van der Waals surface area contributed by atoms with Gasteiger partial charge in [0.25, 0.3) is 0 Å². The zero-order valence-corrected chi connectivity index (χ0v) is 18.2. The van der Waals surface area contributed by atoms with Crippen LogP contribution in [0.5, 0.6) is 5.75 Å². The van der Waals surface area contributed by atoms with Crippen molar-refractivity contribution in [3.8, 4) is 17.1 Å². The van der Waals surface area contributed by atoms with Gasteiger partial charge in [-0.1, -0.05) is 60.7 Å². The molecule has 0 unspecified atom stereocenters. The Hall–Kier alpha value is -3.41. The number of benzene rings is 3. The number of hydrogen-bond donors (Lipinski definition) is 1. The first-order chi connectivity index (χ1) is 15.8. The number of aliphatic hydroxyl groups is 1. The Bertz CT molecular complexity index is 1040. The molecule has 5 heteroatoms. The van der Waals surface area contributed by atoms with Crippen molar-refractivity contribution in [2.24, 2.45) is 0 Å². The summed E-state index contributed by atoms with van der Waals surface area (Å²) in [5, 5.41) is 9.52. The number of ether oxygens (including phenoxy) is 1. The minimum Gasteiger partial charge on any atom is -0.497 e. The maximum atomic E-state index is 9.52. The quantitative estimate of drug-likeness (QED) is 0.370. The van der Waals surface area contributed by atoms with Crippen molar-refractivity contribution in [3.63, 3.8) is 0 Å². The first-order valence-corrected chi connectivity index (χ1v) is 10.8. The van der Waals surface area contributed by atoms with Crippen LogP contribution in [0.3, 0.4) is 0 Å². The van der Waals surface area contributed by atoms with Crippen LogP contribution >= 0.6 is 0 Å². The number of aromatic nitrogens is 1. The molecule has 32 heavy (non-hydrogen) atoms. The fraction of sp³-hybridized carbons (Fsp3) is 0.222. The molecule has 3 aromatic carbocycles. The first-order valence-electron chi connectivity index (χ1n) is 10.8. The van der Waals surface area contributed by atoms with Crippen molar-refractivity contribution in [2.75, 3.05) is 20.3 Å². The van der Waals surface area contributed by atoms with E-state index in [9.17, 15) is 5.11 Å². The van der Waals surface area contributed by atoms with Gasteiger partial charge in [-0.15, -0.1) is 0 Å². The smallest absolute Gasteiger partial charge is 0.209 e. The molecule has 1 aromatic heterocycles. The van der Waals surface area contributed by atoms with E-state index in [1.54, 1.807) is 13.3 Å². The Balaban J connectivity index is 1.63. The molecule has 0 saturated heterocycles. The first kappa shape index (κ1) is 21.8. The van der Waals surface area contributed by atoms with E-state index in [2.05, 4.69) is 58.4 Å². The third-order valence-electron chi connectivity index (χ3n) is 5.47. The number of hydrogen-bond acceptors (Lipinski definition) is 5. The lowest BCUT2D eigenvalue weighted by molar-refractivity contribution is 0.173. The van der Waals surface area contributed by atoms with E-state index in [4.69, 9.17) is 9.15 Å². The van der Waals surface area contributed by atoms with Gasteiger partial charge in [-0.3, -0.25) is 4.90 Å². The monoisotopic (exact) mass is 428 g/mol. The van der Waals surface area contributed by atoms with Gasteiger partial charge < -0.3 is 14.3 Å². The molecule has 4 aromatic rings. The van der Waals surface area contributed by atoms with Crippen molar-refractivity contribution in [2.45, 2.75) is 19.0 Å². The van der Waals surface area contributed by atoms with Crippen LogP contribution in [-0.2, 0) is 6.54 Å². The molecule has 0 spiro atoms. The second-order valence-electron chi connectivity index (χ2n) is 7.62. The highest BCUT2D eigenvalue weighted by molar-refractivity contribution is 5.57. The Morgan fingerprint density at radius 1 is 0.906 bits per heavy atom. The topological polar surface area (TPSA) is 58.7 Å². The van der Waals surface area contributed by atoms with E-state index in [-0.39, 0.29) is 12.6 Å². The molecule has 164 valence electrons. The third-order valence-corrected chi connectivity index (χ3v) is 5.47. The van der Waals surface area contributed by atoms with Crippen LogP contribution in [0.2, 0.25) is 0 Å². The van der Waals surface area contributed by atoms with Gasteiger partial charge >= 0.3 is 0 Å². The molecule has 0 amide bonds. The van der Waals surface area contributed by atoms with E-state index in [0.29, 0.717) is 25.4 Å². The molecule has 4 rings (SSSR count).